The predicted octanol–water partition coefficient (Wildman–Crippen LogP) is 7.85. The van der Waals surface area contributed by atoms with E-state index in [4.69, 9.17) is 30.5 Å². The fourth-order valence-electron chi connectivity index (χ4n) is 4.89. The first-order valence-corrected chi connectivity index (χ1v) is 15.3. The van der Waals surface area contributed by atoms with Crippen molar-refractivity contribution >= 4 is 50.5 Å². The molecule has 4 rings (SSSR count). The zero-order valence-electron chi connectivity index (χ0n) is 26.5. The maximum Gasteiger partial charge on any atom is 0.573 e. The van der Waals surface area contributed by atoms with Crippen LogP contribution in [0.1, 0.15) is 52.0 Å². The Morgan fingerprint density at radius 1 is 0.900 bits per heavy atom. The molecule has 0 spiro atoms. The number of carbonyl (C=O) groups is 2. The summed E-state index contributed by atoms with van der Waals surface area (Å²) in [4.78, 5) is 29.5. The lowest BCUT2D eigenvalue weighted by atomic mass is 9.87. The molecule has 2 aromatic carbocycles. The second-order valence-electron chi connectivity index (χ2n) is 11.8. The third-order valence-electron chi connectivity index (χ3n) is 6.94. The number of nitrogens with two attached hydrogens (primary N) is 1. The van der Waals surface area contributed by atoms with Crippen LogP contribution in [0.4, 0.5) is 51.3 Å². The number of aliphatic carboxylic acids is 2. The standard InChI is InChI=1S/C26H31BrF3N5O.2C2HF3O2/c1-25(2,3)35(24-33-21-7-5-4-6-20(21)23(31)34-24)19-12-10-18(11-13-19)32-15-16-8-9-17(27)14-22(16)36-26(28,29)30;2*3-2(4,5)1(6)7/h4-9,14,18-19,32H,10-13,15H2,1-3H3,(H2,31,33,34);2*(H,6,7). The number of hydrogen-bond donors (Lipinski definition) is 4. The second kappa shape index (κ2) is 16.8. The number of benzene rings is 2. The van der Waals surface area contributed by atoms with Gasteiger partial charge in [0.15, 0.2) is 0 Å². The van der Waals surface area contributed by atoms with E-state index in [0.29, 0.717) is 28.3 Å². The highest BCUT2D eigenvalue weighted by Crippen LogP contribution is 2.34. The number of nitrogen functional groups attached to an aromatic ring is 1. The van der Waals surface area contributed by atoms with E-state index in [-0.39, 0.29) is 23.4 Å². The summed E-state index contributed by atoms with van der Waals surface area (Å²) in [6, 6.07) is 12.8. The molecule has 0 atom stereocenters. The highest BCUT2D eigenvalue weighted by atomic mass is 79.9. The molecule has 1 aromatic heterocycles. The van der Waals surface area contributed by atoms with Gasteiger partial charge in [-0.1, -0.05) is 34.1 Å². The van der Waals surface area contributed by atoms with Crippen molar-refractivity contribution in [3.63, 3.8) is 0 Å². The fraction of sp³-hybridized carbons (Fsp3) is 0.467. The fourth-order valence-corrected chi connectivity index (χ4v) is 5.23. The number of rotatable bonds is 6. The molecule has 50 heavy (non-hydrogen) atoms. The molecule has 1 saturated carbocycles. The molecule has 10 nitrogen and oxygen atoms in total. The number of nitrogens with zero attached hydrogens (tertiary/aromatic N) is 3. The van der Waals surface area contributed by atoms with Gasteiger partial charge in [-0.05, 0) is 70.7 Å². The van der Waals surface area contributed by atoms with Crippen molar-refractivity contribution < 1.29 is 64.1 Å². The van der Waals surface area contributed by atoms with Crippen LogP contribution in [0.5, 0.6) is 5.75 Å². The summed E-state index contributed by atoms with van der Waals surface area (Å²) in [5.41, 5.74) is 7.33. The maximum absolute atomic E-state index is 12.8. The molecule has 1 aliphatic carbocycles. The van der Waals surface area contributed by atoms with Gasteiger partial charge in [-0.2, -0.15) is 31.3 Å². The minimum Gasteiger partial charge on any atom is -0.475 e. The summed E-state index contributed by atoms with van der Waals surface area (Å²) < 4.78 is 107. The van der Waals surface area contributed by atoms with E-state index >= 15 is 0 Å². The molecule has 278 valence electrons. The van der Waals surface area contributed by atoms with Crippen LogP contribution in [0.2, 0.25) is 0 Å². The summed E-state index contributed by atoms with van der Waals surface area (Å²) in [6.45, 7) is 6.71. The number of nitrogens with one attached hydrogen (secondary N) is 1. The number of carboxylic acids is 2. The Balaban J connectivity index is 0.000000521. The van der Waals surface area contributed by atoms with Gasteiger partial charge in [-0.3, -0.25) is 0 Å². The van der Waals surface area contributed by atoms with Crippen LogP contribution in [-0.4, -0.2) is 68.5 Å². The van der Waals surface area contributed by atoms with E-state index in [9.17, 15) is 39.5 Å². The predicted molar refractivity (Wildman–Crippen MR) is 167 cm³/mol. The van der Waals surface area contributed by atoms with Crippen LogP contribution in [0.3, 0.4) is 0 Å². The number of halogens is 10. The molecule has 0 bridgehead atoms. The van der Waals surface area contributed by atoms with Gasteiger partial charge in [0.2, 0.25) is 5.95 Å². The van der Waals surface area contributed by atoms with Crippen molar-refractivity contribution in [1.29, 1.82) is 0 Å². The molecule has 20 heteroatoms. The Hall–Kier alpha value is -4.07. The Labute approximate surface area is 287 Å². The number of ether oxygens (including phenoxy) is 1. The number of para-hydroxylation sites is 1. The largest absolute Gasteiger partial charge is 0.573 e. The molecular weight excluding hydrogens is 761 g/mol. The van der Waals surface area contributed by atoms with Crippen molar-refractivity contribution in [1.82, 2.24) is 15.3 Å². The van der Waals surface area contributed by atoms with E-state index in [1.54, 1.807) is 12.1 Å². The molecule has 5 N–H and O–H groups in total. The molecular formula is C30H33BrF9N5O5. The summed E-state index contributed by atoms with van der Waals surface area (Å²) in [6.07, 6.45) is -11.3. The number of carboxylic acid groups (broad SMARTS) is 2. The lowest BCUT2D eigenvalue weighted by molar-refractivity contribution is -0.275. The minimum atomic E-state index is -5.08. The van der Waals surface area contributed by atoms with Crippen molar-refractivity contribution in [3.05, 3.63) is 52.5 Å². The zero-order valence-corrected chi connectivity index (χ0v) is 28.1. The Morgan fingerprint density at radius 2 is 1.42 bits per heavy atom. The van der Waals surface area contributed by atoms with Crippen LogP contribution in [0, 0.1) is 0 Å². The monoisotopic (exact) mass is 793 g/mol. The minimum absolute atomic E-state index is 0.188. The number of anilines is 2. The lowest BCUT2D eigenvalue weighted by Gasteiger charge is -2.44. The van der Waals surface area contributed by atoms with E-state index in [0.717, 1.165) is 36.6 Å². The molecule has 1 heterocycles. The smallest absolute Gasteiger partial charge is 0.475 e. The van der Waals surface area contributed by atoms with Crippen LogP contribution in [0.15, 0.2) is 46.9 Å². The van der Waals surface area contributed by atoms with Crippen molar-refractivity contribution in [2.75, 3.05) is 10.6 Å². The maximum atomic E-state index is 12.8. The first-order valence-electron chi connectivity index (χ1n) is 14.5. The first kappa shape index (κ1) is 42.1. The quantitative estimate of drug-likeness (QED) is 0.182. The molecule has 0 unspecified atom stereocenters. The molecule has 0 radical (unpaired) electrons. The topological polar surface area (TPSA) is 151 Å². The number of alkyl halides is 9. The van der Waals surface area contributed by atoms with E-state index in [1.807, 2.05) is 24.3 Å². The Bertz CT molecular complexity index is 1580. The van der Waals surface area contributed by atoms with Gasteiger partial charge >= 0.3 is 30.7 Å². The van der Waals surface area contributed by atoms with E-state index < -0.39 is 30.7 Å². The van der Waals surface area contributed by atoms with Gasteiger partial charge in [0.25, 0.3) is 0 Å². The normalized spacial score (nSPS) is 16.7. The third kappa shape index (κ3) is 13.3. The number of hydrogen-bond acceptors (Lipinski definition) is 8. The van der Waals surface area contributed by atoms with Crippen LogP contribution < -0.4 is 20.7 Å². The van der Waals surface area contributed by atoms with Gasteiger partial charge in [0.05, 0.1) is 5.52 Å². The lowest BCUT2D eigenvalue weighted by Crippen LogP contribution is -2.52. The SMILES string of the molecule is CC(C)(C)N(c1nc(N)c2ccccc2n1)C1CCC(NCc2ccc(Br)cc2OC(F)(F)F)CC1.O=C(O)C(F)(F)F.O=C(O)C(F)(F)F. The highest BCUT2D eigenvalue weighted by Gasteiger charge is 2.39. The average Bonchev–Trinajstić information content (AvgIpc) is 2.96. The Kier molecular flexibility index (Phi) is 14.1. The van der Waals surface area contributed by atoms with Crippen LogP contribution >= 0.6 is 15.9 Å². The molecule has 1 aliphatic rings. The molecule has 3 aromatic rings. The average molecular weight is 795 g/mol. The van der Waals surface area contributed by atoms with Crippen LogP contribution in [0.25, 0.3) is 10.9 Å². The van der Waals surface area contributed by atoms with Crippen LogP contribution in [-0.2, 0) is 16.1 Å². The van der Waals surface area contributed by atoms with Crippen molar-refractivity contribution in [3.8, 4) is 5.75 Å². The molecule has 1 fully saturated rings. The zero-order chi connectivity index (χ0) is 38.2. The summed E-state index contributed by atoms with van der Waals surface area (Å²) in [5, 5.41) is 18.5. The summed E-state index contributed by atoms with van der Waals surface area (Å²) in [5.74, 6) is -4.62. The van der Waals surface area contributed by atoms with E-state index in [1.165, 1.54) is 6.07 Å². The summed E-state index contributed by atoms with van der Waals surface area (Å²) >= 11 is 3.21. The first-order chi connectivity index (χ1) is 22.8. The molecule has 0 saturated heterocycles. The highest BCUT2D eigenvalue weighted by molar-refractivity contribution is 9.10. The van der Waals surface area contributed by atoms with Gasteiger partial charge in [-0.25, -0.2) is 14.6 Å². The number of fused-ring (bicyclic) bond motifs is 1. The van der Waals surface area contributed by atoms with Crippen molar-refractivity contribution in [2.45, 2.75) is 89.3 Å². The number of aromatic nitrogens is 2. The van der Waals surface area contributed by atoms with Gasteiger partial charge < -0.3 is 30.9 Å². The van der Waals surface area contributed by atoms with E-state index in [2.05, 4.69) is 56.6 Å². The second-order valence-corrected chi connectivity index (χ2v) is 12.7. The summed E-state index contributed by atoms with van der Waals surface area (Å²) in [7, 11) is 0. The molecule has 0 aliphatic heterocycles. The van der Waals surface area contributed by atoms with Gasteiger partial charge in [0, 0.05) is 39.6 Å². The third-order valence-corrected chi connectivity index (χ3v) is 7.44. The Morgan fingerprint density at radius 3 is 1.90 bits per heavy atom. The molecule has 0 amide bonds. The van der Waals surface area contributed by atoms with Gasteiger partial charge in [0.1, 0.15) is 11.6 Å². The van der Waals surface area contributed by atoms with Gasteiger partial charge in [-0.15, -0.1) is 13.2 Å². The van der Waals surface area contributed by atoms with Crippen molar-refractivity contribution in [2.24, 2.45) is 0 Å².